The zero-order valence-corrected chi connectivity index (χ0v) is 14.2. The van der Waals surface area contributed by atoms with Crippen molar-refractivity contribution in [2.24, 2.45) is 5.92 Å². The Labute approximate surface area is 139 Å². The van der Waals surface area contributed by atoms with Crippen LogP contribution in [0, 0.1) is 5.92 Å². The molecule has 0 unspecified atom stereocenters. The molecule has 0 radical (unpaired) electrons. The van der Waals surface area contributed by atoms with E-state index < -0.39 is 0 Å². The molecule has 0 saturated carbocycles. The highest BCUT2D eigenvalue weighted by atomic mass is 16.3. The molecule has 0 saturated heterocycles. The minimum atomic E-state index is 0.105. The maximum absolute atomic E-state index is 13.0. The molecule has 1 amide bonds. The summed E-state index contributed by atoms with van der Waals surface area (Å²) in [5.41, 5.74) is 1.15. The third kappa shape index (κ3) is 5.27. The van der Waals surface area contributed by atoms with Crippen LogP contribution in [0.2, 0.25) is 0 Å². The zero-order valence-electron chi connectivity index (χ0n) is 14.2. The molecule has 1 heterocycles. The van der Waals surface area contributed by atoms with Gasteiger partial charge < -0.3 is 9.32 Å². The molecule has 1 atom stereocenters. The van der Waals surface area contributed by atoms with Crippen LogP contribution in [-0.2, 0) is 17.9 Å². The number of carbonyl (C=O) groups is 1. The van der Waals surface area contributed by atoms with Crippen molar-refractivity contribution in [1.29, 1.82) is 0 Å². The number of furan rings is 1. The smallest absolute Gasteiger partial charge is 0.226 e. The second kappa shape index (κ2) is 9.19. The average molecular weight is 313 g/mol. The Hall–Kier alpha value is -2.03. The van der Waals surface area contributed by atoms with Crippen molar-refractivity contribution in [1.82, 2.24) is 4.90 Å². The van der Waals surface area contributed by atoms with Crippen molar-refractivity contribution < 1.29 is 9.21 Å². The van der Waals surface area contributed by atoms with Crippen LogP contribution in [-0.4, -0.2) is 10.8 Å². The summed E-state index contributed by atoms with van der Waals surface area (Å²) < 4.78 is 5.45. The van der Waals surface area contributed by atoms with E-state index in [4.69, 9.17) is 4.42 Å². The topological polar surface area (TPSA) is 33.5 Å². The van der Waals surface area contributed by atoms with Gasteiger partial charge in [-0.3, -0.25) is 4.79 Å². The lowest BCUT2D eigenvalue weighted by molar-refractivity contribution is -0.137. The van der Waals surface area contributed by atoms with Crippen LogP contribution in [0.3, 0.4) is 0 Å². The fraction of sp³-hybridized carbons (Fsp3) is 0.450. The van der Waals surface area contributed by atoms with Gasteiger partial charge in [0.05, 0.1) is 12.8 Å². The second-order valence-electron chi connectivity index (χ2n) is 6.01. The standard InChI is InChI=1S/C20H27NO2/c1-3-5-12-18(4-2)20(22)21(16-19-13-9-14-23-19)15-17-10-7-6-8-11-17/h6-11,13-14,18H,3-5,12,15-16H2,1-2H3/t18-/m0/s1. The molecule has 3 heteroatoms. The molecule has 0 N–H and O–H groups in total. The van der Waals surface area contributed by atoms with Crippen molar-refractivity contribution in [3.05, 3.63) is 60.1 Å². The van der Waals surface area contributed by atoms with Gasteiger partial charge in [-0.25, -0.2) is 0 Å². The number of carbonyl (C=O) groups excluding carboxylic acids is 1. The molecular formula is C20H27NO2. The average Bonchev–Trinajstić information content (AvgIpc) is 3.09. The lowest BCUT2D eigenvalue weighted by Crippen LogP contribution is -2.35. The van der Waals surface area contributed by atoms with Gasteiger partial charge in [0.1, 0.15) is 5.76 Å². The Kier molecular flexibility index (Phi) is 6.92. The van der Waals surface area contributed by atoms with Crippen LogP contribution in [0.1, 0.15) is 50.9 Å². The third-order valence-electron chi connectivity index (χ3n) is 4.20. The van der Waals surface area contributed by atoms with E-state index in [9.17, 15) is 4.79 Å². The summed E-state index contributed by atoms with van der Waals surface area (Å²) in [7, 11) is 0. The van der Waals surface area contributed by atoms with E-state index in [0.29, 0.717) is 13.1 Å². The monoisotopic (exact) mass is 313 g/mol. The highest BCUT2D eigenvalue weighted by Crippen LogP contribution is 2.20. The number of nitrogens with zero attached hydrogens (tertiary/aromatic N) is 1. The predicted molar refractivity (Wildman–Crippen MR) is 92.7 cm³/mol. The Morgan fingerprint density at radius 3 is 2.48 bits per heavy atom. The first-order valence-electron chi connectivity index (χ1n) is 8.59. The van der Waals surface area contributed by atoms with Gasteiger partial charge in [0.25, 0.3) is 0 Å². The minimum absolute atomic E-state index is 0.105. The Balaban J connectivity index is 2.12. The number of amides is 1. The van der Waals surface area contributed by atoms with Gasteiger partial charge in [-0.2, -0.15) is 0 Å². The van der Waals surface area contributed by atoms with Gasteiger partial charge in [0.15, 0.2) is 0 Å². The van der Waals surface area contributed by atoms with Gasteiger partial charge in [0.2, 0.25) is 5.91 Å². The molecule has 3 nitrogen and oxygen atoms in total. The van der Waals surface area contributed by atoms with Crippen molar-refractivity contribution >= 4 is 5.91 Å². The summed E-state index contributed by atoms with van der Waals surface area (Å²) in [6.45, 7) is 5.43. The van der Waals surface area contributed by atoms with Gasteiger partial charge in [-0.1, -0.05) is 57.0 Å². The summed E-state index contributed by atoms with van der Waals surface area (Å²) in [5.74, 6) is 1.18. The molecule has 1 aromatic carbocycles. The van der Waals surface area contributed by atoms with E-state index >= 15 is 0 Å². The molecule has 0 aliphatic heterocycles. The van der Waals surface area contributed by atoms with E-state index in [1.165, 1.54) is 0 Å². The summed E-state index contributed by atoms with van der Waals surface area (Å²) in [6, 6.07) is 14.0. The molecule has 0 spiro atoms. The molecule has 0 aliphatic rings. The highest BCUT2D eigenvalue weighted by molar-refractivity contribution is 5.78. The molecule has 23 heavy (non-hydrogen) atoms. The Morgan fingerprint density at radius 1 is 1.09 bits per heavy atom. The normalized spacial score (nSPS) is 12.1. The van der Waals surface area contributed by atoms with Crippen LogP contribution < -0.4 is 0 Å². The molecule has 2 aromatic rings. The number of hydrogen-bond acceptors (Lipinski definition) is 2. The van der Waals surface area contributed by atoms with Crippen molar-refractivity contribution in [2.75, 3.05) is 0 Å². The van der Waals surface area contributed by atoms with E-state index in [1.54, 1.807) is 6.26 Å². The number of hydrogen-bond donors (Lipinski definition) is 0. The number of benzene rings is 1. The van der Waals surface area contributed by atoms with Gasteiger partial charge >= 0.3 is 0 Å². The fourth-order valence-electron chi connectivity index (χ4n) is 2.82. The highest BCUT2D eigenvalue weighted by Gasteiger charge is 2.23. The van der Waals surface area contributed by atoms with Crippen LogP contribution in [0.5, 0.6) is 0 Å². The quantitative estimate of drug-likeness (QED) is 0.651. The van der Waals surface area contributed by atoms with Gasteiger partial charge in [-0.05, 0) is 30.5 Å². The summed E-state index contributed by atoms with van der Waals surface area (Å²) in [6.07, 6.45) is 5.75. The number of unbranched alkanes of at least 4 members (excludes halogenated alkanes) is 1. The molecule has 124 valence electrons. The Bertz CT molecular complexity index is 563. The second-order valence-corrected chi connectivity index (χ2v) is 6.01. The van der Waals surface area contributed by atoms with E-state index in [2.05, 4.69) is 26.0 Å². The third-order valence-corrected chi connectivity index (χ3v) is 4.20. The molecule has 1 aromatic heterocycles. The predicted octanol–water partition coefficient (Wildman–Crippen LogP) is 5.02. The summed E-state index contributed by atoms with van der Waals surface area (Å²) in [5, 5.41) is 0. The largest absolute Gasteiger partial charge is 0.467 e. The first kappa shape index (κ1) is 17.3. The minimum Gasteiger partial charge on any atom is -0.467 e. The van der Waals surface area contributed by atoms with Gasteiger partial charge in [-0.15, -0.1) is 0 Å². The zero-order chi connectivity index (χ0) is 16.5. The van der Waals surface area contributed by atoms with Crippen LogP contribution in [0.15, 0.2) is 53.1 Å². The van der Waals surface area contributed by atoms with E-state index in [-0.39, 0.29) is 11.8 Å². The first-order valence-corrected chi connectivity index (χ1v) is 8.59. The van der Waals surface area contributed by atoms with Crippen LogP contribution >= 0.6 is 0 Å². The molecule has 0 bridgehead atoms. The lowest BCUT2D eigenvalue weighted by atomic mass is 9.97. The molecule has 2 rings (SSSR count). The van der Waals surface area contributed by atoms with Crippen molar-refractivity contribution in [3.8, 4) is 0 Å². The molecule has 0 aliphatic carbocycles. The van der Waals surface area contributed by atoms with Crippen molar-refractivity contribution in [3.63, 3.8) is 0 Å². The van der Waals surface area contributed by atoms with E-state index in [1.807, 2.05) is 35.2 Å². The molecule has 0 fully saturated rings. The van der Waals surface area contributed by atoms with E-state index in [0.717, 1.165) is 37.0 Å². The van der Waals surface area contributed by atoms with Crippen LogP contribution in [0.25, 0.3) is 0 Å². The van der Waals surface area contributed by atoms with Gasteiger partial charge in [0, 0.05) is 12.5 Å². The maximum atomic E-state index is 13.0. The van der Waals surface area contributed by atoms with Crippen molar-refractivity contribution in [2.45, 2.75) is 52.6 Å². The lowest BCUT2D eigenvalue weighted by Gasteiger charge is -2.26. The number of rotatable bonds is 9. The SMILES string of the molecule is CCCC[C@H](CC)C(=O)N(Cc1ccccc1)Cc1ccco1. The molecular weight excluding hydrogens is 286 g/mol. The summed E-state index contributed by atoms with van der Waals surface area (Å²) >= 11 is 0. The van der Waals surface area contributed by atoms with Crippen LogP contribution in [0.4, 0.5) is 0 Å². The fourth-order valence-corrected chi connectivity index (χ4v) is 2.82. The Morgan fingerprint density at radius 2 is 1.87 bits per heavy atom. The summed E-state index contributed by atoms with van der Waals surface area (Å²) in [4.78, 5) is 14.9. The maximum Gasteiger partial charge on any atom is 0.226 e. The first-order chi connectivity index (χ1) is 11.2.